The van der Waals surface area contributed by atoms with Gasteiger partial charge in [0.25, 0.3) is 0 Å². The van der Waals surface area contributed by atoms with Gasteiger partial charge < -0.3 is 5.11 Å². The van der Waals surface area contributed by atoms with E-state index < -0.39 is 0 Å². The number of benzene rings is 1. The first-order valence-corrected chi connectivity index (χ1v) is 5.06. The fourth-order valence-electron chi connectivity index (χ4n) is 1.62. The first-order chi connectivity index (χ1) is 7.69. The highest BCUT2D eigenvalue weighted by Crippen LogP contribution is 2.10. The third-order valence-electron chi connectivity index (χ3n) is 2.49. The molecular formula is C12H13FN2O. The highest BCUT2D eigenvalue weighted by molar-refractivity contribution is 5.23. The molecule has 0 saturated heterocycles. The summed E-state index contributed by atoms with van der Waals surface area (Å²) in [4.78, 5) is 0. The third kappa shape index (κ3) is 2.28. The van der Waals surface area contributed by atoms with Gasteiger partial charge in [-0.25, -0.2) is 4.39 Å². The molecule has 0 saturated carbocycles. The number of rotatable bonds is 3. The second kappa shape index (κ2) is 4.45. The summed E-state index contributed by atoms with van der Waals surface area (Å²) in [5, 5.41) is 13.3. The molecule has 4 heteroatoms. The van der Waals surface area contributed by atoms with E-state index >= 15 is 0 Å². The van der Waals surface area contributed by atoms with E-state index in [9.17, 15) is 4.39 Å². The van der Waals surface area contributed by atoms with Crippen molar-refractivity contribution in [1.82, 2.24) is 9.78 Å². The molecule has 1 N–H and O–H groups in total. The van der Waals surface area contributed by atoms with Crippen molar-refractivity contribution in [3.8, 4) is 0 Å². The highest BCUT2D eigenvalue weighted by Gasteiger charge is 2.04. The van der Waals surface area contributed by atoms with E-state index in [0.717, 1.165) is 17.0 Å². The summed E-state index contributed by atoms with van der Waals surface area (Å²) in [6.07, 6.45) is 0.647. The highest BCUT2D eigenvalue weighted by atomic mass is 19.1. The summed E-state index contributed by atoms with van der Waals surface area (Å²) in [5.41, 5.74) is 2.65. The molecule has 1 aromatic carbocycles. The number of aliphatic hydroxyl groups is 1. The molecule has 3 nitrogen and oxygen atoms in total. The van der Waals surface area contributed by atoms with Crippen LogP contribution in [0.4, 0.5) is 4.39 Å². The lowest BCUT2D eigenvalue weighted by molar-refractivity contribution is 0.270. The monoisotopic (exact) mass is 220 g/mol. The van der Waals surface area contributed by atoms with Gasteiger partial charge in [0.15, 0.2) is 0 Å². The van der Waals surface area contributed by atoms with Crippen LogP contribution in [0.2, 0.25) is 0 Å². The minimum absolute atomic E-state index is 0.0209. The van der Waals surface area contributed by atoms with Crippen LogP contribution in [0.15, 0.2) is 30.3 Å². The Hall–Kier alpha value is -1.68. The van der Waals surface area contributed by atoms with Gasteiger partial charge in [0.2, 0.25) is 0 Å². The molecular weight excluding hydrogens is 207 g/mol. The summed E-state index contributed by atoms with van der Waals surface area (Å²) < 4.78 is 14.3. The van der Waals surface area contributed by atoms with Gasteiger partial charge in [-0.05, 0) is 23.8 Å². The van der Waals surface area contributed by atoms with Gasteiger partial charge in [0.1, 0.15) is 5.82 Å². The molecule has 0 amide bonds. The van der Waals surface area contributed by atoms with E-state index in [1.807, 2.05) is 6.07 Å². The number of hydrogen-bond acceptors (Lipinski definition) is 2. The van der Waals surface area contributed by atoms with Crippen LogP contribution in [0.3, 0.4) is 0 Å². The van der Waals surface area contributed by atoms with Gasteiger partial charge in [-0.1, -0.05) is 12.1 Å². The molecule has 0 aliphatic carbocycles. The summed E-state index contributed by atoms with van der Waals surface area (Å²) in [5.74, 6) is -0.235. The molecule has 0 bridgehead atoms. The Balaban J connectivity index is 2.17. The lowest BCUT2D eigenvalue weighted by atomic mass is 10.1. The minimum Gasteiger partial charge on any atom is -0.390 e. The van der Waals surface area contributed by atoms with Crippen molar-refractivity contribution in [2.24, 2.45) is 7.05 Å². The standard InChI is InChI=1S/C12H13FN2O/c1-15-12(8-16)7-11(14-15)6-9-2-4-10(13)5-3-9/h2-5,7,16H,6,8H2,1H3. The summed E-state index contributed by atoms with van der Waals surface area (Å²) >= 11 is 0. The van der Waals surface area contributed by atoms with Gasteiger partial charge in [-0.15, -0.1) is 0 Å². The van der Waals surface area contributed by atoms with Gasteiger partial charge in [0, 0.05) is 13.5 Å². The first kappa shape index (κ1) is 10.8. The Labute approximate surface area is 93.2 Å². The van der Waals surface area contributed by atoms with Crippen LogP contribution in [0.25, 0.3) is 0 Å². The maximum absolute atomic E-state index is 12.7. The SMILES string of the molecule is Cn1nc(Cc2ccc(F)cc2)cc1CO. The predicted molar refractivity (Wildman–Crippen MR) is 58.3 cm³/mol. The van der Waals surface area contributed by atoms with Crippen molar-refractivity contribution >= 4 is 0 Å². The van der Waals surface area contributed by atoms with E-state index in [-0.39, 0.29) is 12.4 Å². The molecule has 1 heterocycles. The van der Waals surface area contributed by atoms with Crippen molar-refractivity contribution in [1.29, 1.82) is 0 Å². The van der Waals surface area contributed by atoms with E-state index in [0.29, 0.717) is 6.42 Å². The molecule has 1 aromatic heterocycles. The van der Waals surface area contributed by atoms with Crippen LogP contribution in [0.1, 0.15) is 17.0 Å². The molecule has 0 fully saturated rings. The van der Waals surface area contributed by atoms with E-state index in [1.54, 1.807) is 23.9 Å². The van der Waals surface area contributed by atoms with Crippen LogP contribution in [-0.4, -0.2) is 14.9 Å². The summed E-state index contributed by atoms with van der Waals surface area (Å²) in [7, 11) is 1.79. The van der Waals surface area contributed by atoms with Gasteiger partial charge in [-0.3, -0.25) is 4.68 Å². The van der Waals surface area contributed by atoms with Crippen molar-refractivity contribution in [2.45, 2.75) is 13.0 Å². The van der Waals surface area contributed by atoms with Crippen molar-refractivity contribution in [3.63, 3.8) is 0 Å². The van der Waals surface area contributed by atoms with Crippen LogP contribution >= 0.6 is 0 Å². The Bertz CT molecular complexity index is 476. The predicted octanol–water partition coefficient (Wildman–Crippen LogP) is 1.64. The number of halogens is 1. The van der Waals surface area contributed by atoms with E-state index in [1.165, 1.54) is 12.1 Å². The largest absolute Gasteiger partial charge is 0.390 e. The summed E-state index contributed by atoms with van der Waals surface area (Å²) in [6, 6.07) is 8.20. The average molecular weight is 220 g/mol. The average Bonchev–Trinajstić information content (AvgIpc) is 2.62. The smallest absolute Gasteiger partial charge is 0.123 e. The van der Waals surface area contributed by atoms with Crippen LogP contribution < -0.4 is 0 Å². The lowest BCUT2D eigenvalue weighted by Crippen LogP contribution is -1.97. The summed E-state index contributed by atoms with van der Waals surface area (Å²) in [6.45, 7) is -0.0209. The van der Waals surface area contributed by atoms with E-state index in [2.05, 4.69) is 5.10 Å². The first-order valence-electron chi connectivity index (χ1n) is 5.06. The van der Waals surface area contributed by atoms with E-state index in [4.69, 9.17) is 5.11 Å². The van der Waals surface area contributed by atoms with Crippen molar-refractivity contribution in [2.75, 3.05) is 0 Å². The molecule has 0 aliphatic heterocycles. The van der Waals surface area contributed by atoms with Crippen molar-refractivity contribution < 1.29 is 9.50 Å². The maximum atomic E-state index is 12.7. The fraction of sp³-hybridized carbons (Fsp3) is 0.250. The zero-order valence-electron chi connectivity index (χ0n) is 9.02. The topological polar surface area (TPSA) is 38.0 Å². The fourth-order valence-corrected chi connectivity index (χ4v) is 1.62. The minimum atomic E-state index is -0.235. The second-order valence-corrected chi connectivity index (χ2v) is 3.71. The number of aryl methyl sites for hydroxylation is 1. The molecule has 0 radical (unpaired) electrons. The zero-order chi connectivity index (χ0) is 11.5. The maximum Gasteiger partial charge on any atom is 0.123 e. The number of hydrogen-bond donors (Lipinski definition) is 1. The van der Waals surface area contributed by atoms with Crippen molar-refractivity contribution in [3.05, 3.63) is 53.1 Å². The van der Waals surface area contributed by atoms with Crippen LogP contribution in [0, 0.1) is 5.82 Å². The van der Waals surface area contributed by atoms with Gasteiger partial charge >= 0.3 is 0 Å². The normalized spacial score (nSPS) is 10.7. The quantitative estimate of drug-likeness (QED) is 0.854. The Morgan fingerprint density at radius 3 is 2.56 bits per heavy atom. The number of nitrogens with zero attached hydrogens (tertiary/aromatic N) is 2. The van der Waals surface area contributed by atoms with Crippen LogP contribution in [-0.2, 0) is 20.1 Å². The molecule has 0 atom stereocenters. The Morgan fingerprint density at radius 1 is 1.31 bits per heavy atom. The molecule has 16 heavy (non-hydrogen) atoms. The molecule has 0 aliphatic rings. The van der Waals surface area contributed by atoms with Gasteiger partial charge in [-0.2, -0.15) is 5.10 Å². The Morgan fingerprint density at radius 2 is 2.00 bits per heavy atom. The Kier molecular flexibility index (Phi) is 3.01. The lowest BCUT2D eigenvalue weighted by Gasteiger charge is -1.97. The number of aromatic nitrogens is 2. The molecule has 2 rings (SSSR count). The number of aliphatic hydroxyl groups excluding tert-OH is 1. The molecule has 0 unspecified atom stereocenters. The zero-order valence-corrected chi connectivity index (χ0v) is 9.02. The second-order valence-electron chi connectivity index (χ2n) is 3.71. The van der Waals surface area contributed by atoms with Gasteiger partial charge in [0.05, 0.1) is 18.0 Å². The third-order valence-corrected chi connectivity index (χ3v) is 2.49. The molecule has 0 spiro atoms. The van der Waals surface area contributed by atoms with Crippen LogP contribution in [0.5, 0.6) is 0 Å². The molecule has 2 aromatic rings. The molecule has 84 valence electrons.